The minimum Gasteiger partial charge on any atom is -0.388 e. The van der Waals surface area contributed by atoms with E-state index < -0.39 is 30.6 Å². The Morgan fingerprint density at radius 1 is 1.29 bits per heavy atom. The normalized spacial score (nSPS) is 39.3. The molecule has 0 aromatic rings. The summed E-state index contributed by atoms with van der Waals surface area (Å²) in [5, 5.41) is 20.2. The number of aliphatic hydroxyl groups excluding tert-OH is 2. The number of hydrogen-bond acceptors (Lipinski definition) is 7. The van der Waals surface area contributed by atoms with E-state index in [2.05, 4.69) is 23.4 Å². The van der Waals surface area contributed by atoms with Crippen molar-refractivity contribution in [3.63, 3.8) is 0 Å². The van der Waals surface area contributed by atoms with Gasteiger partial charge in [0, 0.05) is 32.7 Å². The smallest absolute Gasteiger partial charge is 0.176 e. The zero-order valence-corrected chi connectivity index (χ0v) is 12.6. The van der Waals surface area contributed by atoms with Crippen LogP contribution in [0.3, 0.4) is 0 Å². The Morgan fingerprint density at radius 3 is 2.57 bits per heavy atom. The summed E-state index contributed by atoms with van der Waals surface area (Å²) in [5.74, 6) is 0. The highest BCUT2D eigenvalue weighted by molar-refractivity contribution is 4.93. The highest BCUT2D eigenvalue weighted by atomic mass is 16.7. The molecule has 0 radical (unpaired) electrons. The number of aliphatic hydroxyl groups is 2. The van der Waals surface area contributed by atoms with Crippen LogP contribution in [0, 0.1) is 0 Å². The molecule has 5 atom stereocenters. The van der Waals surface area contributed by atoms with Crippen LogP contribution >= 0.6 is 0 Å². The van der Waals surface area contributed by atoms with Gasteiger partial charge in [-0.2, -0.15) is 0 Å². The van der Waals surface area contributed by atoms with Gasteiger partial charge in [0.1, 0.15) is 18.3 Å². The Morgan fingerprint density at radius 2 is 1.95 bits per heavy atom. The maximum atomic E-state index is 10.2. The first-order valence-electron chi connectivity index (χ1n) is 7.43. The summed E-state index contributed by atoms with van der Waals surface area (Å²) in [6, 6.07) is -0.760. The van der Waals surface area contributed by atoms with Gasteiger partial charge in [-0.15, -0.1) is 6.58 Å². The van der Waals surface area contributed by atoms with E-state index in [-0.39, 0.29) is 0 Å². The first kappa shape index (κ1) is 16.8. The minimum atomic E-state index is -1.05. The second-order valence-corrected chi connectivity index (χ2v) is 5.83. The van der Waals surface area contributed by atoms with Crippen LogP contribution < -0.4 is 5.73 Å². The molecule has 21 heavy (non-hydrogen) atoms. The number of hydrogen-bond donors (Lipinski definition) is 3. The second-order valence-electron chi connectivity index (χ2n) is 5.83. The van der Waals surface area contributed by atoms with Gasteiger partial charge in [0.2, 0.25) is 0 Å². The van der Waals surface area contributed by atoms with Crippen LogP contribution in [0.2, 0.25) is 0 Å². The molecule has 0 aromatic carbocycles. The van der Waals surface area contributed by atoms with Gasteiger partial charge in [-0.1, -0.05) is 6.08 Å². The Kier molecular flexibility index (Phi) is 6.12. The number of nitrogens with zero attached hydrogens (tertiary/aromatic N) is 2. The Labute approximate surface area is 125 Å². The third-order valence-corrected chi connectivity index (χ3v) is 4.16. The number of likely N-dealkylation sites (N-methyl/N-ethyl adjacent to an activating group) is 1. The predicted octanol–water partition coefficient (Wildman–Crippen LogP) is -1.79. The third-order valence-electron chi connectivity index (χ3n) is 4.16. The number of rotatable bonds is 5. The molecule has 7 heteroatoms. The topological polar surface area (TPSA) is 91.4 Å². The summed E-state index contributed by atoms with van der Waals surface area (Å²) < 4.78 is 11.2. The van der Waals surface area contributed by atoms with E-state index in [0.29, 0.717) is 13.2 Å². The van der Waals surface area contributed by atoms with Gasteiger partial charge in [-0.05, 0) is 7.05 Å². The summed E-state index contributed by atoms with van der Waals surface area (Å²) in [6.45, 7) is 8.25. The second kappa shape index (κ2) is 7.64. The van der Waals surface area contributed by atoms with Gasteiger partial charge in [0.15, 0.2) is 6.29 Å². The van der Waals surface area contributed by atoms with Crippen molar-refractivity contribution in [2.45, 2.75) is 30.6 Å². The first-order valence-corrected chi connectivity index (χ1v) is 7.43. The average Bonchev–Trinajstić information content (AvgIpc) is 2.49. The standard InChI is InChI=1S/C14H27N3O4/c1-3-8-20-14-11(15)13(19)12(18)10(21-14)9-17-6-4-16(2)5-7-17/h3,10-14,18-19H,1,4-9,15H2,2H3/t10-,11-,12-,13-,14-/m1/s1. The average molecular weight is 301 g/mol. The molecule has 0 aliphatic carbocycles. The largest absolute Gasteiger partial charge is 0.388 e. The molecule has 2 aliphatic rings. The van der Waals surface area contributed by atoms with Crippen molar-refractivity contribution in [3.8, 4) is 0 Å². The van der Waals surface area contributed by atoms with Crippen molar-refractivity contribution >= 4 is 0 Å². The summed E-state index contributed by atoms with van der Waals surface area (Å²) >= 11 is 0. The van der Waals surface area contributed by atoms with Crippen molar-refractivity contribution < 1.29 is 19.7 Å². The van der Waals surface area contributed by atoms with Crippen molar-refractivity contribution in [2.75, 3.05) is 46.4 Å². The molecule has 0 saturated carbocycles. The fraction of sp³-hybridized carbons (Fsp3) is 0.857. The highest BCUT2D eigenvalue weighted by Crippen LogP contribution is 2.22. The molecule has 0 aromatic heterocycles. The Bertz CT molecular complexity index is 336. The van der Waals surface area contributed by atoms with E-state index in [1.54, 1.807) is 6.08 Å². The monoisotopic (exact) mass is 301 g/mol. The van der Waals surface area contributed by atoms with Crippen molar-refractivity contribution in [3.05, 3.63) is 12.7 Å². The SMILES string of the molecule is C=CCO[C@@H]1O[C@H](CN2CCN(C)CC2)[C@@H](O)[C@H](O)[C@H]1N. The van der Waals surface area contributed by atoms with Crippen LogP contribution in [-0.2, 0) is 9.47 Å². The van der Waals surface area contributed by atoms with Crippen LogP contribution in [0.25, 0.3) is 0 Å². The molecular weight excluding hydrogens is 274 g/mol. The van der Waals surface area contributed by atoms with Gasteiger partial charge >= 0.3 is 0 Å². The van der Waals surface area contributed by atoms with Gasteiger partial charge in [-0.3, -0.25) is 4.90 Å². The van der Waals surface area contributed by atoms with Gasteiger partial charge in [-0.25, -0.2) is 0 Å². The lowest BCUT2D eigenvalue weighted by molar-refractivity contribution is -0.259. The quantitative estimate of drug-likeness (QED) is 0.517. The lowest BCUT2D eigenvalue weighted by atomic mass is 9.97. The van der Waals surface area contributed by atoms with Gasteiger partial charge in [0.25, 0.3) is 0 Å². The van der Waals surface area contributed by atoms with Gasteiger partial charge < -0.3 is 30.3 Å². The fourth-order valence-corrected chi connectivity index (χ4v) is 2.70. The zero-order chi connectivity index (χ0) is 15.4. The van der Waals surface area contributed by atoms with Crippen LogP contribution in [0.5, 0.6) is 0 Å². The molecule has 2 fully saturated rings. The lowest BCUT2D eigenvalue weighted by Crippen LogP contribution is -2.64. The highest BCUT2D eigenvalue weighted by Gasteiger charge is 2.43. The molecule has 2 saturated heterocycles. The summed E-state index contributed by atoms with van der Waals surface area (Å²) in [7, 11) is 2.09. The van der Waals surface area contributed by atoms with Crippen LogP contribution in [-0.4, -0.2) is 97.0 Å². The molecule has 4 N–H and O–H groups in total. The van der Waals surface area contributed by atoms with E-state index >= 15 is 0 Å². The maximum absolute atomic E-state index is 10.2. The third kappa shape index (κ3) is 4.23. The van der Waals surface area contributed by atoms with Crippen LogP contribution in [0.4, 0.5) is 0 Å². The molecule has 122 valence electrons. The van der Waals surface area contributed by atoms with Crippen molar-refractivity contribution in [2.24, 2.45) is 5.73 Å². The predicted molar refractivity (Wildman–Crippen MR) is 78.7 cm³/mol. The van der Waals surface area contributed by atoms with Crippen molar-refractivity contribution in [1.82, 2.24) is 9.80 Å². The molecule has 7 nitrogen and oxygen atoms in total. The molecular formula is C14H27N3O4. The first-order chi connectivity index (χ1) is 10.0. The molecule has 0 amide bonds. The fourth-order valence-electron chi connectivity index (χ4n) is 2.70. The maximum Gasteiger partial charge on any atom is 0.176 e. The Hall–Kier alpha value is -0.540. The van der Waals surface area contributed by atoms with E-state index in [1.165, 1.54) is 0 Å². The van der Waals surface area contributed by atoms with E-state index in [4.69, 9.17) is 15.2 Å². The number of nitrogens with two attached hydrogens (primary N) is 1. The molecule has 0 bridgehead atoms. The summed E-state index contributed by atoms with van der Waals surface area (Å²) in [6.07, 6.45) is -1.67. The molecule has 0 unspecified atom stereocenters. The number of piperazine rings is 1. The zero-order valence-electron chi connectivity index (χ0n) is 12.6. The lowest BCUT2D eigenvalue weighted by Gasteiger charge is -2.43. The van der Waals surface area contributed by atoms with Crippen molar-refractivity contribution in [1.29, 1.82) is 0 Å². The minimum absolute atomic E-state index is 0.294. The van der Waals surface area contributed by atoms with E-state index in [9.17, 15) is 10.2 Å². The molecule has 0 spiro atoms. The molecule has 2 heterocycles. The summed E-state index contributed by atoms with van der Waals surface area (Å²) in [4.78, 5) is 4.48. The van der Waals surface area contributed by atoms with E-state index in [0.717, 1.165) is 26.2 Å². The summed E-state index contributed by atoms with van der Waals surface area (Å²) in [5.41, 5.74) is 5.85. The molecule has 2 aliphatic heterocycles. The van der Waals surface area contributed by atoms with Crippen LogP contribution in [0.1, 0.15) is 0 Å². The number of ether oxygens (including phenoxy) is 2. The Balaban J connectivity index is 1.92. The van der Waals surface area contributed by atoms with Gasteiger partial charge in [0.05, 0.1) is 12.6 Å². The van der Waals surface area contributed by atoms with E-state index in [1.807, 2.05) is 0 Å². The van der Waals surface area contributed by atoms with Crippen LogP contribution in [0.15, 0.2) is 12.7 Å². The molecule has 2 rings (SSSR count).